The van der Waals surface area contributed by atoms with Crippen LogP contribution in [0.1, 0.15) is 38.1 Å². The lowest BCUT2D eigenvalue weighted by molar-refractivity contribution is 0.0528. The summed E-state index contributed by atoms with van der Waals surface area (Å²) in [5, 5.41) is 17.1. The normalized spacial score (nSPS) is 12.8. The molecule has 7 heteroatoms. The van der Waals surface area contributed by atoms with Crippen molar-refractivity contribution in [1.29, 1.82) is 0 Å². The number of urea groups is 1. The zero-order valence-electron chi connectivity index (χ0n) is 15.2. The fraction of sp³-hybridized carbons (Fsp3) is 0.444. The minimum atomic E-state index is -0.960. The Balaban J connectivity index is 2.11. The second kappa shape index (κ2) is 7.23. The number of nitrogens with one attached hydrogen (secondary N) is 1. The van der Waals surface area contributed by atoms with Crippen molar-refractivity contribution in [3.63, 3.8) is 0 Å². The van der Waals surface area contributed by atoms with E-state index in [1.54, 1.807) is 43.9 Å². The molecule has 2 N–H and O–H groups in total. The smallest absolute Gasteiger partial charge is 0.317 e. The van der Waals surface area contributed by atoms with Gasteiger partial charge in [0, 0.05) is 18.3 Å². The van der Waals surface area contributed by atoms with Crippen molar-refractivity contribution in [3.8, 4) is 5.69 Å². The summed E-state index contributed by atoms with van der Waals surface area (Å²) in [5.41, 5.74) is 1.53. The van der Waals surface area contributed by atoms with Gasteiger partial charge in [-0.05, 0) is 52.0 Å². The second-order valence-electron chi connectivity index (χ2n) is 6.91. The molecular weight excluding hydrogens is 323 g/mol. The van der Waals surface area contributed by atoms with E-state index >= 15 is 0 Å². The zero-order chi connectivity index (χ0) is 18.8. The average Bonchev–Trinajstić information content (AvgIpc) is 2.88. The summed E-state index contributed by atoms with van der Waals surface area (Å²) in [6, 6.07) is 5.54. The van der Waals surface area contributed by atoms with Gasteiger partial charge in [-0.2, -0.15) is 5.10 Å². The van der Waals surface area contributed by atoms with Crippen molar-refractivity contribution in [2.45, 2.75) is 39.3 Å². The highest BCUT2D eigenvalue weighted by atomic mass is 19.1. The van der Waals surface area contributed by atoms with Crippen LogP contribution >= 0.6 is 0 Å². The average molecular weight is 348 g/mol. The summed E-state index contributed by atoms with van der Waals surface area (Å²) in [7, 11) is 1.63. The monoisotopic (exact) mass is 348 g/mol. The molecular formula is C18H25FN4O2. The van der Waals surface area contributed by atoms with E-state index in [1.165, 1.54) is 17.0 Å². The molecule has 0 saturated heterocycles. The van der Waals surface area contributed by atoms with Crippen molar-refractivity contribution < 1.29 is 14.3 Å². The second-order valence-corrected chi connectivity index (χ2v) is 6.91. The third-order valence-corrected chi connectivity index (χ3v) is 3.90. The standard InChI is InChI=1S/C18H25FN4O2/c1-12(21-17(24)22(5)11-18(3,4)25)16-10-20-23(13(16)2)15-8-6-14(19)7-9-15/h6-10,12,25H,11H2,1-5H3,(H,21,24). The van der Waals surface area contributed by atoms with E-state index in [4.69, 9.17) is 0 Å². The Morgan fingerprint density at radius 3 is 2.56 bits per heavy atom. The number of hydrogen-bond donors (Lipinski definition) is 2. The number of carbonyl (C=O) groups excluding carboxylic acids is 1. The number of benzene rings is 1. The fourth-order valence-electron chi connectivity index (χ4n) is 2.72. The van der Waals surface area contributed by atoms with Crippen molar-refractivity contribution in [2.75, 3.05) is 13.6 Å². The molecule has 0 aliphatic rings. The molecule has 2 rings (SSSR count). The Kier molecular flexibility index (Phi) is 5.47. The van der Waals surface area contributed by atoms with E-state index in [2.05, 4.69) is 10.4 Å². The number of carbonyl (C=O) groups is 1. The number of rotatable bonds is 5. The summed E-state index contributed by atoms with van der Waals surface area (Å²) in [4.78, 5) is 13.7. The van der Waals surface area contributed by atoms with Crippen LogP contribution in [0.2, 0.25) is 0 Å². The highest BCUT2D eigenvalue weighted by molar-refractivity contribution is 5.74. The van der Waals surface area contributed by atoms with E-state index in [9.17, 15) is 14.3 Å². The molecule has 0 spiro atoms. The largest absolute Gasteiger partial charge is 0.389 e. The van der Waals surface area contributed by atoms with E-state index in [0.717, 1.165) is 16.9 Å². The number of halogens is 1. The molecule has 1 atom stereocenters. The summed E-state index contributed by atoms with van der Waals surface area (Å²) >= 11 is 0. The number of nitrogens with zero attached hydrogens (tertiary/aromatic N) is 3. The minimum absolute atomic E-state index is 0.222. The summed E-state index contributed by atoms with van der Waals surface area (Å²) in [6.45, 7) is 7.29. The van der Waals surface area contributed by atoms with Crippen molar-refractivity contribution in [3.05, 3.63) is 47.5 Å². The molecule has 0 radical (unpaired) electrons. The molecule has 1 aromatic heterocycles. The lowest BCUT2D eigenvalue weighted by Gasteiger charge is -2.27. The van der Waals surface area contributed by atoms with Gasteiger partial charge in [0.2, 0.25) is 0 Å². The predicted octanol–water partition coefficient (Wildman–Crippen LogP) is 2.79. The molecule has 1 unspecified atom stereocenters. The molecule has 2 amide bonds. The summed E-state index contributed by atoms with van der Waals surface area (Å²) < 4.78 is 14.8. The molecule has 25 heavy (non-hydrogen) atoms. The van der Waals surface area contributed by atoms with Gasteiger partial charge >= 0.3 is 6.03 Å². The van der Waals surface area contributed by atoms with Crippen LogP contribution in [0.4, 0.5) is 9.18 Å². The van der Waals surface area contributed by atoms with E-state index in [1.807, 2.05) is 13.8 Å². The molecule has 0 saturated carbocycles. The molecule has 2 aromatic rings. The van der Waals surface area contributed by atoms with Crippen LogP contribution in [0, 0.1) is 12.7 Å². The number of hydrogen-bond acceptors (Lipinski definition) is 3. The summed E-state index contributed by atoms with van der Waals surface area (Å²) in [6.07, 6.45) is 1.69. The van der Waals surface area contributed by atoms with Crippen LogP contribution in [0.15, 0.2) is 30.5 Å². The van der Waals surface area contributed by atoms with Crippen LogP contribution in [-0.2, 0) is 0 Å². The Bertz CT molecular complexity index is 735. The summed E-state index contributed by atoms with van der Waals surface area (Å²) in [5.74, 6) is -0.302. The number of aromatic nitrogens is 2. The first-order valence-corrected chi connectivity index (χ1v) is 8.13. The van der Waals surface area contributed by atoms with Gasteiger partial charge < -0.3 is 15.3 Å². The zero-order valence-corrected chi connectivity index (χ0v) is 15.2. The maximum atomic E-state index is 13.1. The first kappa shape index (κ1) is 18.9. The van der Waals surface area contributed by atoms with Crippen LogP contribution in [0.5, 0.6) is 0 Å². The van der Waals surface area contributed by atoms with Crippen molar-refractivity contribution >= 4 is 6.03 Å². The lowest BCUT2D eigenvalue weighted by Crippen LogP contribution is -2.45. The van der Waals surface area contributed by atoms with E-state index < -0.39 is 5.60 Å². The van der Waals surface area contributed by atoms with Crippen LogP contribution in [0.3, 0.4) is 0 Å². The first-order chi connectivity index (χ1) is 11.6. The topological polar surface area (TPSA) is 70.4 Å². The SMILES string of the molecule is Cc1c(C(C)NC(=O)N(C)CC(C)(C)O)cnn1-c1ccc(F)cc1. The minimum Gasteiger partial charge on any atom is -0.389 e. The number of aliphatic hydroxyl groups is 1. The number of amides is 2. The molecule has 1 aromatic carbocycles. The van der Waals surface area contributed by atoms with Gasteiger partial charge in [-0.15, -0.1) is 0 Å². The highest BCUT2D eigenvalue weighted by Crippen LogP contribution is 2.20. The van der Waals surface area contributed by atoms with Crippen LogP contribution < -0.4 is 5.32 Å². The predicted molar refractivity (Wildman–Crippen MR) is 94.1 cm³/mol. The quantitative estimate of drug-likeness (QED) is 0.873. The molecule has 0 bridgehead atoms. The molecule has 136 valence electrons. The van der Waals surface area contributed by atoms with Gasteiger partial charge in [0.15, 0.2) is 0 Å². The maximum Gasteiger partial charge on any atom is 0.317 e. The Morgan fingerprint density at radius 2 is 2.00 bits per heavy atom. The van der Waals surface area contributed by atoms with E-state index in [-0.39, 0.29) is 24.4 Å². The third-order valence-electron chi connectivity index (χ3n) is 3.90. The first-order valence-electron chi connectivity index (χ1n) is 8.13. The molecule has 6 nitrogen and oxygen atoms in total. The molecule has 0 fully saturated rings. The van der Waals surface area contributed by atoms with Gasteiger partial charge in [-0.1, -0.05) is 0 Å². The van der Waals surface area contributed by atoms with Gasteiger partial charge in [-0.25, -0.2) is 13.9 Å². The third kappa shape index (κ3) is 4.79. The number of likely N-dealkylation sites (N-methyl/N-ethyl adjacent to an activating group) is 1. The van der Waals surface area contributed by atoms with Crippen molar-refractivity contribution in [2.24, 2.45) is 0 Å². The van der Waals surface area contributed by atoms with Crippen LogP contribution in [0.25, 0.3) is 5.69 Å². The Hall–Kier alpha value is -2.41. The highest BCUT2D eigenvalue weighted by Gasteiger charge is 2.22. The molecule has 1 heterocycles. The van der Waals surface area contributed by atoms with Gasteiger partial charge in [0.1, 0.15) is 5.82 Å². The van der Waals surface area contributed by atoms with Crippen LogP contribution in [-0.4, -0.2) is 45.0 Å². The van der Waals surface area contributed by atoms with Gasteiger partial charge in [0.25, 0.3) is 0 Å². The van der Waals surface area contributed by atoms with Gasteiger partial charge in [0.05, 0.1) is 30.1 Å². The fourth-order valence-corrected chi connectivity index (χ4v) is 2.72. The Labute approximate surface area is 147 Å². The van der Waals surface area contributed by atoms with Crippen molar-refractivity contribution in [1.82, 2.24) is 20.0 Å². The van der Waals surface area contributed by atoms with Gasteiger partial charge in [-0.3, -0.25) is 0 Å². The Morgan fingerprint density at radius 1 is 1.40 bits per heavy atom. The molecule has 0 aliphatic heterocycles. The lowest BCUT2D eigenvalue weighted by atomic mass is 10.1. The maximum absolute atomic E-state index is 13.1. The van der Waals surface area contributed by atoms with E-state index in [0.29, 0.717) is 0 Å². The molecule has 0 aliphatic carbocycles.